The van der Waals surface area contributed by atoms with Crippen LogP contribution in [-0.2, 0) is 17.8 Å². The monoisotopic (exact) mass is 435 g/mol. The van der Waals surface area contributed by atoms with Crippen LogP contribution in [0.2, 0.25) is 0 Å². The molecule has 0 aliphatic carbocycles. The minimum atomic E-state index is -0.0209. The Morgan fingerprint density at radius 3 is 2.35 bits per heavy atom. The second-order valence-electron chi connectivity index (χ2n) is 7.79. The fourth-order valence-corrected chi connectivity index (χ4v) is 3.90. The molecule has 2 amide bonds. The SMILES string of the molecule is Cc1ccccc1CN(C(=O)c1cccs1)c1ccc(CC(=O)NCCN(C)C)cc1. The summed E-state index contributed by atoms with van der Waals surface area (Å²) >= 11 is 1.44. The van der Waals surface area contributed by atoms with Crippen molar-refractivity contribution in [2.45, 2.75) is 19.9 Å². The zero-order valence-corrected chi connectivity index (χ0v) is 19.1. The molecule has 1 aromatic heterocycles. The highest BCUT2D eigenvalue weighted by Crippen LogP contribution is 2.24. The zero-order chi connectivity index (χ0) is 22.2. The summed E-state index contributed by atoms with van der Waals surface area (Å²) in [7, 11) is 3.95. The molecule has 31 heavy (non-hydrogen) atoms. The number of hydrogen-bond donors (Lipinski definition) is 1. The van der Waals surface area contributed by atoms with Crippen LogP contribution in [0.1, 0.15) is 26.4 Å². The Morgan fingerprint density at radius 1 is 0.968 bits per heavy atom. The normalized spacial score (nSPS) is 10.8. The fraction of sp³-hybridized carbons (Fsp3) is 0.280. The first-order chi connectivity index (χ1) is 14.9. The number of rotatable bonds is 9. The Labute approximate surface area is 188 Å². The van der Waals surface area contributed by atoms with Crippen molar-refractivity contribution in [3.8, 4) is 0 Å². The Bertz CT molecular complexity index is 998. The van der Waals surface area contributed by atoms with E-state index in [1.807, 2.05) is 72.9 Å². The molecule has 3 aromatic rings. The van der Waals surface area contributed by atoms with Crippen LogP contribution in [0.5, 0.6) is 0 Å². The van der Waals surface area contributed by atoms with Crippen LogP contribution in [0.25, 0.3) is 0 Å². The number of nitrogens with zero attached hydrogens (tertiary/aromatic N) is 2. The van der Waals surface area contributed by atoms with Crippen molar-refractivity contribution >= 4 is 28.8 Å². The number of aryl methyl sites for hydroxylation is 1. The Balaban J connectivity index is 1.75. The molecular formula is C25H29N3O2S. The van der Waals surface area contributed by atoms with Crippen molar-refractivity contribution < 1.29 is 9.59 Å². The van der Waals surface area contributed by atoms with E-state index < -0.39 is 0 Å². The van der Waals surface area contributed by atoms with E-state index in [2.05, 4.69) is 24.4 Å². The first kappa shape index (κ1) is 22.7. The van der Waals surface area contributed by atoms with Gasteiger partial charge in [-0.05, 0) is 61.3 Å². The molecular weight excluding hydrogens is 406 g/mol. The molecule has 2 aromatic carbocycles. The van der Waals surface area contributed by atoms with Gasteiger partial charge in [0.15, 0.2) is 0 Å². The first-order valence-corrected chi connectivity index (χ1v) is 11.2. The lowest BCUT2D eigenvalue weighted by Gasteiger charge is -2.23. The van der Waals surface area contributed by atoms with Crippen LogP contribution < -0.4 is 10.2 Å². The first-order valence-electron chi connectivity index (χ1n) is 10.3. The largest absolute Gasteiger partial charge is 0.355 e. The third-order valence-electron chi connectivity index (χ3n) is 5.06. The van der Waals surface area contributed by atoms with E-state index in [0.717, 1.165) is 28.9 Å². The van der Waals surface area contributed by atoms with Crippen molar-refractivity contribution in [2.75, 3.05) is 32.1 Å². The van der Waals surface area contributed by atoms with Crippen molar-refractivity contribution in [1.82, 2.24) is 10.2 Å². The Hall–Kier alpha value is -2.96. The smallest absolute Gasteiger partial charge is 0.268 e. The molecule has 0 spiro atoms. The highest BCUT2D eigenvalue weighted by atomic mass is 32.1. The average Bonchev–Trinajstić information content (AvgIpc) is 3.28. The number of amides is 2. The maximum Gasteiger partial charge on any atom is 0.268 e. The molecule has 0 saturated heterocycles. The van der Waals surface area contributed by atoms with Gasteiger partial charge in [-0.25, -0.2) is 0 Å². The molecule has 1 N–H and O–H groups in total. The summed E-state index contributed by atoms with van der Waals surface area (Å²) in [6.07, 6.45) is 0.324. The standard InChI is InChI=1S/C25H29N3O2S/c1-19-7-4-5-8-21(19)18-28(25(30)23-9-6-16-31-23)22-12-10-20(11-13-22)17-24(29)26-14-15-27(2)3/h4-13,16H,14-15,17-18H2,1-3H3,(H,26,29). The van der Waals surface area contributed by atoms with Gasteiger partial charge in [-0.1, -0.05) is 42.5 Å². The molecule has 1 heterocycles. The van der Waals surface area contributed by atoms with E-state index in [-0.39, 0.29) is 11.8 Å². The minimum Gasteiger partial charge on any atom is -0.355 e. The maximum atomic E-state index is 13.2. The number of benzene rings is 2. The molecule has 0 atom stereocenters. The lowest BCUT2D eigenvalue weighted by molar-refractivity contribution is -0.120. The summed E-state index contributed by atoms with van der Waals surface area (Å²) in [6, 6.07) is 19.5. The number of carbonyl (C=O) groups excluding carboxylic acids is 2. The predicted molar refractivity (Wildman–Crippen MR) is 128 cm³/mol. The van der Waals surface area contributed by atoms with Crippen LogP contribution in [0.3, 0.4) is 0 Å². The third kappa shape index (κ3) is 6.51. The molecule has 0 radical (unpaired) electrons. The van der Waals surface area contributed by atoms with Gasteiger partial charge in [-0.3, -0.25) is 9.59 Å². The number of likely N-dealkylation sites (N-methyl/N-ethyl adjacent to an activating group) is 1. The van der Waals surface area contributed by atoms with Gasteiger partial charge in [-0.15, -0.1) is 11.3 Å². The van der Waals surface area contributed by atoms with Crippen LogP contribution in [0.15, 0.2) is 66.0 Å². The van der Waals surface area contributed by atoms with Crippen LogP contribution >= 0.6 is 11.3 Å². The van der Waals surface area contributed by atoms with Crippen molar-refractivity contribution in [1.29, 1.82) is 0 Å². The van der Waals surface area contributed by atoms with Gasteiger partial charge in [-0.2, -0.15) is 0 Å². The Morgan fingerprint density at radius 2 is 1.71 bits per heavy atom. The summed E-state index contributed by atoms with van der Waals surface area (Å²) in [5.41, 5.74) is 4.00. The molecule has 5 nitrogen and oxygen atoms in total. The summed E-state index contributed by atoms with van der Waals surface area (Å²) in [6.45, 7) is 3.99. The highest BCUT2D eigenvalue weighted by Gasteiger charge is 2.20. The summed E-state index contributed by atoms with van der Waals surface area (Å²) in [5, 5.41) is 4.85. The third-order valence-corrected chi connectivity index (χ3v) is 5.92. The summed E-state index contributed by atoms with van der Waals surface area (Å²) < 4.78 is 0. The van der Waals surface area contributed by atoms with Gasteiger partial charge in [0.2, 0.25) is 5.91 Å². The van der Waals surface area contributed by atoms with Gasteiger partial charge in [0, 0.05) is 18.8 Å². The molecule has 0 saturated carbocycles. The fourth-order valence-electron chi connectivity index (χ4n) is 3.23. The number of nitrogens with one attached hydrogen (secondary N) is 1. The molecule has 0 fully saturated rings. The van der Waals surface area contributed by atoms with Gasteiger partial charge in [0.25, 0.3) is 5.91 Å². The van der Waals surface area contributed by atoms with E-state index >= 15 is 0 Å². The highest BCUT2D eigenvalue weighted by molar-refractivity contribution is 7.12. The van der Waals surface area contributed by atoms with Gasteiger partial charge in [0.1, 0.15) is 0 Å². The van der Waals surface area contributed by atoms with Crippen molar-refractivity contribution in [3.63, 3.8) is 0 Å². The van der Waals surface area contributed by atoms with Gasteiger partial charge < -0.3 is 15.1 Å². The second kappa shape index (κ2) is 10.9. The molecule has 0 bridgehead atoms. The number of anilines is 1. The predicted octanol–water partition coefficient (Wildman–Crippen LogP) is 4.12. The number of carbonyl (C=O) groups is 2. The average molecular weight is 436 g/mol. The minimum absolute atomic E-state index is 0.000952. The van der Waals surface area contributed by atoms with Gasteiger partial charge >= 0.3 is 0 Å². The van der Waals surface area contributed by atoms with Crippen LogP contribution in [-0.4, -0.2) is 43.9 Å². The van der Waals surface area contributed by atoms with Crippen molar-refractivity contribution in [2.24, 2.45) is 0 Å². The van der Waals surface area contributed by atoms with E-state index in [9.17, 15) is 9.59 Å². The van der Waals surface area contributed by atoms with Gasteiger partial charge in [0.05, 0.1) is 17.8 Å². The molecule has 0 unspecified atom stereocenters. The molecule has 3 rings (SSSR count). The zero-order valence-electron chi connectivity index (χ0n) is 18.3. The lowest BCUT2D eigenvalue weighted by atomic mass is 10.1. The topological polar surface area (TPSA) is 52.7 Å². The summed E-state index contributed by atoms with van der Waals surface area (Å²) in [5.74, 6) is -0.0199. The number of thiophene rings is 1. The second-order valence-corrected chi connectivity index (χ2v) is 8.74. The number of hydrogen-bond acceptors (Lipinski definition) is 4. The van der Waals surface area contributed by atoms with E-state index in [4.69, 9.17) is 0 Å². The lowest BCUT2D eigenvalue weighted by Crippen LogP contribution is -2.32. The molecule has 0 aliphatic heterocycles. The van der Waals surface area contributed by atoms with E-state index in [1.54, 1.807) is 4.90 Å². The van der Waals surface area contributed by atoms with Crippen molar-refractivity contribution in [3.05, 3.63) is 87.6 Å². The molecule has 6 heteroatoms. The van der Waals surface area contributed by atoms with Crippen LogP contribution in [0, 0.1) is 6.92 Å². The van der Waals surface area contributed by atoms with E-state index in [0.29, 0.717) is 24.4 Å². The van der Waals surface area contributed by atoms with E-state index in [1.165, 1.54) is 11.3 Å². The maximum absolute atomic E-state index is 13.2. The molecule has 162 valence electrons. The quantitative estimate of drug-likeness (QED) is 0.550. The van der Waals surface area contributed by atoms with Crippen LogP contribution in [0.4, 0.5) is 5.69 Å². The Kier molecular flexibility index (Phi) is 7.98. The summed E-state index contributed by atoms with van der Waals surface area (Å²) in [4.78, 5) is 29.9. The molecule has 0 aliphatic rings.